The van der Waals surface area contributed by atoms with E-state index in [4.69, 9.17) is 0 Å². The maximum Gasteiger partial charge on any atom is 0.225 e. The van der Waals surface area contributed by atoms with Gasteiger partial charge in [-0.1, -0.05) is 13.8 Å². The first kappa shape index (κ1) is 13.9. The van der Waals surface area contributed by atoms with Crippen LogP contribution in [-0.2, 0) is 6.54 Å². The molecule has 0 bridgehead atoms. The molecule has 0 aliphatic rings. The molecular formula is C13H24N4. The average molecular weight is 236 g/mol. The van der Waals surface area contributed by atoms with Crippen LogP contribution in [0.2, 0.25) is 0 Å². The van der Waals surface area contributed by atoms with Gasteiger partial charge in [-0.05, 0) is 26.3 Å². The van der Waals surface area contributed by atoms with Crippen molar-refractivity contribution in [2.24, 2.45) is 5.92 Å². The van der Waals surface area contributed by atoms with Crippen LogP contribution in [0.4, 0.5) is 5.95 Å². The van der Waals surface area contributed by atoms with Gasteiger partial charge in [-0.3, -0.25) is 0 Å². The Morgan fingerprint density at radius 1 is 1.24 bits per heavy atom. The molecule has 0 aromatic carbocycles. The van der Waals surface area contributed by atoms with E-state index in [0.29, 0.717) is 12.0 Å². The second-order valence-electron chi connectivity index (χ2n) is 5.01. The van der Waals surface area contributed by atoms with Crippen LogP contribution >= 0.6 is 0 Å². The van der Waals surface area contributed by atoms with Crippen molar-refractivity contribution in [2.45, 2.75) is 39.8 Å². The van der Waals surface area contributed by atoms with E-state index in [0.717, 1.165) is 24.5 Å². The van der Waals surface area contributed by atoms with Gasteiger partial charge in [0.15, 0.2) is 0 Å². The van der Waals surface area contributed by atoms with Gasteiger partial charge in [0.25, 0.3) is 0 Å². The Morgan fingerprint density at radius 3 is 2.29 bits per heavy atom. The molecule has 1 unspecified atom stereocenters. The summed E-state index contributed by atoms with van der Waals surface area (Å²) >= 11 is 0. The second-order valence-corrected chi connectivity index (χ2v) is 5.01. The SMILES string of the molecule is CNCc1cnc(N(C)C(C)CC(C)C)nc1. The summed E-state index contributed by atoms with van der Waals surface area (Å²) < 4.78 is 0. The summed E-state index contributed by atoms with van der Waals surface area (Å²) in [7, 11) is 3.98. The van der Waals surface area contributed by atoms with E-state index in [1.54, 1.807) is 0 Å². The van der Waals surface area contributed by atoms with Crippen LogP contribution in [0.3, 0.4) is 0 Å². The molecule has 0 aliphatic heterocycles. The monoisotopic (exact) mass is 236 g/mol. The molecular weight excluding hydrogens is 212 g/mol. The minimum absolute atomic E-state index is 0.463. The minimum atomic E-state index is 0.463. The van der Waals surface area contributed by atoms with E-state index in [1.165, 1.54) is 0 Å². The van der Waals surface area contributed by atoms with Gasteiger partial charge in [0.2, 0.25) is 5.95 Å². The smallest absolute Gasteiger partial charge is 0.225 e. The maximum absolute atomic E-state index is 4.40. The zero-order valence-electron chi connectivity index (χ0n) is 11.6. The maximum atomic E-state index is 4.40. The normalized spacial score (nSPS) is 12.8. The third-order valence-corrected chi connectivity index (χ3v) is 2.86. The van der Waals surface area contributed by atoms with E-state index in [2.05, 4.69) is 48.0 Å². The number of rotatable bonds is 6. The van der Waals surface area contributed by atoms with Crippen molar-refractivity contribution < 1.29 is 0 Å². The van der Waals surface area contributed by atoms with Crippen molar-refractivity contribution in [1.29, 1.82) is 0 Å². The van der Waals surface area contributed by atoms with Crippen molar-refractivity contribution in [3.63, 3.8) is 0 Å². The molecule has 0 saturated carbocycles. The third-order valence-electron chi connectivity index (χ3n) is 2.86. The summed E-state index contributed by atoms with van der Waals surface area (Å²) in [5.41, 5.74) is 1.11. The number of anilines is 1. The van der Waals surface area contributed by atoms with Gasteiger partial charge in [0.1, 0.15) is 0 Å². The Kier molecular flexibility index (Phi) is 5.35. The van der Waals surface area contributed by atoms with Gasteiger partial charge in [-0.15, -0.1) is 0 Å². The molecule has 4 heteroatoms. The lowest BCUT2D eigenvalue weighted by Crippen LogP contribution is -2.31. The highest BCUT2D eigenvalue weighted by molar-refractivity contribution is 5.29. The van der Waals surface area contributed by atoms with Crippen LogP contribution in [0, 0.1) is 5.92 Å². The highest BCUT2D eigenvalue weighted by atomic mass is 15.2. The molecule has 0 amide bonds. The largest absolute Gasteiger partial charge is 0.341 e. The Bertz CT molecular complexity index is 321. The van der Waals surface area contributed by atoms with Gasteiger partial charge in [0, 0.05) is 37.6 Å². The van der Waals surface area contributed by atoms with Crippen molar-refractivity contribution in [3.8, 4) is 0 Å². The molecule has 1 atom stereocenters. The van der Waals surface area contributed by atoms with Crippen molar-refractivity contribution in [1.82, 2.24) is 15.3 Å². The van der Waals surface area contributed by atoms with E-state index >= 15 is 0 Å². The van der Waals surface area contributed by atoms with Crippen LogP contribution < -0.4 is 10.2 Å². The lowest BCUT2D eigenvalue weighted by molar-refractivity contribution is 0.499. The average Bonchev–Trinajstić information content (AvgIpc) is 2.28. The van der Waals surface area contributed by atoms with Gasteiger partial charge < -0.3 is 10.2 Å². The Morgan fingerprint density at radius 2 is 1.82 bits per heavy atom. The van der Waals surface area contributed by atoms with E-state index in [-0.39, 0.29) is 0 Å². The fraction of sp³-hybridized carbons (Fsp3) is 0.692. The number of nitrogens with zero attached hydrogens (tertiary/aromatic N) is 3. The molecule has 17 heavy (non-hydrogen) atoms. The molecule has 4 nitrogen and oxygen atoms in total. The topological polar surface area (TPSA) is 41.1 Å². The van der Waals surface area contributed by atoms with Gasteiger partial charge in [0.05, 0.1) is 0 Å². The predicted octanol–water partition coefficient (Wildman–Crippen LogP) is 2.07. The fourth-order valence-corrected chi connectivity index (χ4v) is 1.86. The molecule has 1 heterocycles. The number of hydrogen-bond donors (Lipinski definition) is 1. The fourth-order valence-electron chi connectivity index (χ4n) is 1.86. The number of nitrogens with one attached hydrogen (secondary N) is 1. The Hall–Kier alpha value is -1.16. The van der Waals surface area contributed by atoms with Crippen molar-refractivity contribution in [3.05, 3.63) is 18.0 Å². The predicted molar refractivity (Wildman–Crippen MR) is 72.1 cm³/mol. The molecule has 0 aliphatic carbocycles. The summed E-state index contributed by atoms with van der Waals surface area (Å²) in [6.07, 6.45) is 4.92. The van der Waals surface area contributed by atoms with Crippen LogP contribution in [0.1, 0.15) is 32.8 Å². The second kappa shape index (κ2) is 6.55. The number of aromatic nitrogens is 2. The molecule has 0 radical (unpaired) electrons. The van der Waals surface area contributed by atoms with E-state index < -0.39 is 0 Å². The molecule has 1 rings (SSSR count). The third kappa shape index (κ3) is 4.30. The van der Waals surface area contributed by atoms with Crippen LogP contribution in [-0.4, -0.2) is 30.1 Å². The van der Waals surface area contributed by atoms with E-state index in [9.17, 15) is 0 Å². The highest BCUT2D eigenvalue weighted by Gasteiger charge is 2.13. The molecule has 1 aromatic heterocycles. The summed E-state index contributed by atoms with van der Waals surface area (Å²) in [4.78, 5) is 10.9. The first-order valence-electron chi connectivity index (χ1n) is 6.23. The van der Waals surface area contributed by atoms with E-state index in [1.807, 2.05) is 19.4 Å². The van der Waals surface area contributed by atoms with Crippen LogP contribution in [0.5, 0.6) is 0 Å². The van der Waals surface area contributed by atoms with Crippen LogP contribution in [0.25, 0.3) is 0 Å². The summed E-state index contributed by atoms with van der Waals surface area (Å²) in [6.45, 7) is 7.50. The summed E-state index contributed by atoms with van der Waals surface area (Å²) in [5.74, 6) is 1.49. The Labute approximate surface area is 104 Å². The van der Waals surface area contributed by atoms with Crippen molar-refractivity contribution in [2.75, 3.05) is 19.0 Å². The zero-order chi connectivity index (χ0) is 12.8. The Balaban J connectivity index is 2.65. The van der Waals surface area contributed by atoms with Crippen LogP contribution in [0.15, 0.2) is 12.4 Å². The first-order valence-corrected chi connectivity index (χ1v) is 6.23. The van der Waals surface area contributed by atoms with Gasteiger partial charge in [-0.25, -0.2) is 9.97 Å². The van der Waals surface area contributed by atoms with Crippen molar-refractivity contribution >= 4 is 5.95 Å². The minimum Gasteiger partial charge on any atom is -0.341 e. The summed E-state index contributed by atoms with van der Waals surface area (Å²) in [5, 5.41) is 3.09. The molecule has 96 valence electrons. The van der Waals surface area contributed by atoms with Gasteiger partial charge >= 0.3 is 0 Å². The molecule has 0 fully saturated rings. The zero-order valence-corrected chi connectivity index (χ0v) is 11.6. The first-order chi connectivity index (χ1) is 8.04. The number of hydrogen-bond acceptors (Lipinski definition) is 4. The lowest BCUT2D eigenvalue weighted by Gasteiger charge is -2.26. The lowest BCUT2D eigenvalue weighted by atomic mass is 10.0. The standard InChI is InChI=1S/C13H24N4/c1-10(2)6-11(3)17(5)13-15-8-12(7-14-4)9-16-13/h8-11,14H,6-7H2,1-5H3. The quantitative estimate of drug-likeness (QED) is 0.821. The molecule has 1 aromatic rings. The summed E-state index contributed by atoms with van der Waals surface area (Å²) in [6, 6.07) is 0.463. The highest BCUT2D eigenvalue weighted by Crippen LogP contribution is 2.14. The molecule has 1 N–H and O–H groups in total. The molecule has 0 spiro atoms. The molecule has 0 saturated heterocycles. The van der Waals surface area contributed by atoms with Gasteiger partial charge in [-0.2, -0.15) is 0 Å².